The zero-order valence-corrected chi connectivity index (χ0v) is 20.9. The van der Waals surface area contributed by atoms with Gasteiger partial charge in [0.1, 0.15) is 34.8 Å². The second kappa shape index (κ2) is 13.3. The summed E-state index contributed by atoms with van der Waals surface area (Å²) in [6, 6.07) is 15.3. The van der Waals surface area contributed by atoms with Crippen LogP contribution in [0.5, 0.6) is 17.2 Å². The van der Waals surface area contributed by atoms with Crippen molar-refractivity contribution in [2.45, 2.75) is 39.5 Å². The quantitative estimate of drug-likeness (QED) is 0.188. The van der Waals surface area contributed by atoms with Crippen LogP contribution < -0.4 is 14.2 Å². The van der Waals surface area contributed by atoms with Crippen LogP contribution in [0.3, 0.4) is 0 Å². The van der Waals surface area contributed by atoms with Crippen LogP contribution in [-0.2, 0) is 4.79 Å². The molecule has 0 bridgehead atoms. The molecule has 2 aromatic carbocycles. The van der Waals surface area contributed by atoms with Crippen molar-refractivity contribution in [2.75, 3.05) is 26.4 Å². The smallest absolute Gasteiger partial charge is 0.266 e. The Morgan fingerprint density at radius 2 is 1.36 bits per heavy atom. The summed E-state index contributed by atoms with van der Waals surface area (Å²) in [5.74, 6) is 2.38. The van der Waals surface area contributed by atoms with Gasteiger partial charge in [0, 0.05) is 6.54 Å². The molecule has 0 unspecified atom stereocenters. The first-order chi connectivity index (χ1) is 16.1. The minimum atomic E-state index is -0.0310. The Morgan fingerprint density at radius 3 is 1.88 bits per heavy atom. The van der Waals surface area contributed by atoms with Crippen molar-refractivity contribution in [1.29, 1.82) is 0 Å². The summed E-state index contributed by atoms with van der Waals surface area (Å²) in [5, 5.41) is 0. The molecule has 3 rings (SSSR count). The predicted octanol–water partition coefficient (Wildman–Crippen LogP) is 6.32. The first-order valence-corrected chi connectivity index (χ1v) is 12.7. The van der Waals surface area contributed by atoms with Crippen molar-refractivity contribution in [2.24, 2.45) is 0 Å². The van der Waals surface area contributed by atoms with Gasteiger partial charge in [-0.3, -0.25) is 9.69 Å². The number of rotatable bonds is 13. The number of hydrogen-bond acceptors (Lipinski definition) is 6. The molecule has 176 valence electrons. The van der Waals surface area contributed by atoms with Gasteiger partial charge in [-0.2, -0.15) is 0 Å². The normalized spacial score (nSPS) is 14.7. The number of unbranched alkanes of at least 4 members (excludes halogenated alkanes) is 3. The lowest BCUT2D eigenvalue weighted by atomic mass is 10.2. The third-order valence-electron chi connectivity index (χ3n) is 5.08. The van der Waals surface area contributed by atoms with E-state index in [4.69, 9.17) is 26.4 Å². The van der Waals surface area contributed by atoms with Crippen LogP contribution >= 0.6 is 24.0 Å². The average Bonchev–Trinajstić information content (AvgIpc) is 3.10. The van der Waals surface area contributed by atoms with E-state index in [1.54, 1.807) is 4.90 Å². The monoisotopic (exact) mass is 485 g/mol. The summed E-state index contributed by atoms with van der Waals surface area (Å²) in [5.41, 5.74) is 0.933. The molecular formula is C26H31NO4S2. The second-order valence-corrected chi connectivity index (χ2v) is 9.25. The number of amides is 1. The lowest BCUT2D eigenvalue weighted by Crippen LogP contribution is -2.27. The van der Waals surface area contributed by atoms with E-state index in [1.807, 2.05) is 61.5 Å². The lowest BCUT2D eigenvalue weighted by Gasteiger charge is -2.10. The number of ether oxygens (including phenoxy) is 3. The van der Waals surface area contributed by atoms with Crippen LogP contribution in [0.4, 0.5) is 0 Å². The third kappa shape index (κ3) is 7.79. The molecule has 33 heavy (non-hydrogen) atoms. The fourth-order valence-corrected chi connectivity index (χ4v) is 4.64. The van der Waals surface area contributed by atoms with Gasteiger partial charge in [0.15, 0.2) is 0 Å². The number of thioether (sulfide) groups is 1. The molecular weight excluding hydrogens is 454 g/mol. The summed E-state index contributed by atoms with van der Waals surface area (Å²) >= 11 is 6.59. The molecule has 1 heterocycles. The Kier molecular flexibility index (Phi) is 10.1. The summed E-state index contributed by atoms with van der Waals surface area (Å²) in [6.07, 6.45) is 6.65. The van der Waals surface area contributed by atoms with Crippen molar-refractivity contribution in [3.8, 4) is 17.2 Å². The average molecular weight is 486 g/mol. The molecule has 1 fully saturated rings. The zero-order valence-electron chi connectivity index (χ0n) is 19.2. The second-order valence-electron chi connectivity index (χ2n) is 7.57. The van der Waals surface area contributed by atoms with Crippen molar-refractivity contribution in [1.82, 2.24) is 4.90 Å². The summed E-state index contributed by atoms with van der Waals surface area (Å²) in [7, 11) is 0. The van der Waals surface area contributed by atoms with Gasteiger partial charge in [-0.05, 0) is 61.4 Å². The maximum absolute atomic E-state index is 12.3. The van der Waals surface area contributed by atoms with Gasteiger partial charge in [0.2, 0.25) is 0 Å². The Balaban J connectivity index is 1.38. The van der Waals surface area contributed by atoms with Gasteiger partial charge < -0.3 is 14.2 Å². The number of benzene rings is 2. The van der Waals surface area contributed by atoms with Crippen molar-refractivity contribution in [3.05, 3.63) is 59.0 Å². The predicted molar refractivity (Wildman–Crippen MR) is 139 cm³/mol. The molecule has 0 saturated carbocycles. The maximum Gasteiger partial charge on any atom is 0.266 e. The van der Waals surface area contributed by atoms with Crippen LogP contribution in [0.2, 0.25) is 0 Å². The van der Waals surface area contributed by atoms with Gasteiger partial charge >= 0.3 is 0 Å². The first-order valence-electron chi connectivity index (χ1n) is 11.4. The molecule has 0 radical (unpaired) electrons. The molecule has 1 saturated heterocycles. The van der Waals surface area contributed by atoms with E-state index >= 15 is 0 Å². The fraction of sp³-hybridized carbons (Fsp3) is 0.385. The van der Waals surface area contributed by atoms with E-state index in [0.29, 0.717) is 29.0 Å². The number of likely N-dealkylation sites (N-methyl/N-ethyl adjacent to an activating group) is 1. The summed E-state index contributed by atoms with van der Waals surface area (Å²) in [4.78, 5) is 14.6. The SMILES string of the molecule is CCCCCCOc1ccc(OCCOc2ccc(/C=C3\SC(=S)N(CC)C3=O)cc2)cc1. The zero-order chi connectivity index (χ0) is 23.5. The van der Waals surface area contributed by atoms with Crippen molar-refractivity contribution < 1.29 is 19.0 Å². The molecule has 0 atom stereocenters. The molecule has 0 spiro atoms. The van der Waals surface area contributed by atoms with Crippen LogP contribution in [-0.4, -0.2) is 41.5 Å². The molecule has 1 aliphatic rings. The van der Waals surface area contributed by atoms with Crippen molar-refractivity contribution >= 4 is 40.3 Å². The van der Waals surface area contributed by atoms with Gasteiger partial charge in [0.25, 0.3) is 5.91 Å². The Hall–Kier alpha value is -2.51. The summed E-state index contributed by atoms with van der Waals surface area (Å²) < 4.78 is 17.9. The number of nitrogens with zero attached hydrogens (tertiary/aromatic N) is 1. The van der Waals surface area contributed by atoms with Gasteiger partial charge in [0.05, 0.1) is 11.5 Å². The Labute approximate surface area is 206 Å². The van der Waals surface area contributed by atoms with Crippen LogP contribution in [0.25, 0.3) is 6.08 Å². The highest BCUT2D eigenvalue weighted by Crippen LogP contribution is 2.32. The van der Waals surface area contributed by atoms with Crippen LogP contribution in [0.1, 0.15) is 45.1 Å². The van der Waals surface area contributed by atoms with E-state index in [2.05, 4.69) is 6.92 Å². The molecule has 1 amide bonds. The van der Waals surface area contributed by atoms with E-state index < -0.39 is 0 Å². The molecule has 1 aliphatic heterocycles. The fourth-order valence-electron chi connectivity index (χ4n) is 3.25. The van der Waals surface area contributed by atoms with E-state index in [-0.39, 0.29) is 5.91 Å². The standard InChI is InChI=1S/C26H31NO4S2/c1-3-5-6-7-16-29-22-12-14-23(15-13-22)31-18-17-30-21-10-8-20(9-11-21)19-24-25(28)27(4-2)26(32)33-24/h8-15,19H,3-7,16-18H2,1-2H3/b24-19-. The first kappa shape index (κ1) is 25.1. The molecule has 0 aromatic heterocycles. The largest absolute Gasteiger partial charge is 0.494 e. The highest BCUT2D eigenvalue weighted by Gasteiger charge is 2.30. The summed E-state index contributed by atoms with van der Waals surface area (Å²) in [6.45, 7) is 6.35. The van der Waals surface area contributed by atoms with Gasteiger partial charge in [-0.25, -0.2) is 0 Å². The van der Waals surface area contributed by atoms with Gasteiger partial charge in [-0.15, -0.1) is 0 Å². The molecule has 5 nitrogen and oxygen atoms in total. The van der Waals surface area contributed by atoms with E-state index in [9.17, 15) is 4.79 Å². The van der Waals surface area contributed by atoms with Gasteiger partial charge in [-0.1, -0.05) is 62.3 Å². The highest BCUT2D eigenvalue weighted by molar-refractivity contribution is 8.26. The van der Waals surface area contributed by atoms with Crippen LogP contribution in [0.15, 0.2) is 53.4 Å². The van der Waals surface area contributed by atoms with E-state index in [1.165, 1.54) is 31.0 Å². The third-order valence-corrected chi connectivity index (χ3v) is 6.46. The number of carbonyl (C=O) groups is 1. The minimum Gasteiger partial charge on any atom is -0.494 e. The topological polar surface area (TPSA) is 48.0 Å². The highest BCUT2D eigenvalue weighted by atomic mass is 32.2. The van der Waals surface area contributed by atoms with E-state index in [0.717, 1.165) is 35.8 Å². The molecule has 0 N–H and O–H groups in total. The Bertz CT molecular complexity index is 942. The number of carbonyl (C=O) groups excluding carboxylic acids is 1. The lowest BCUT2D eigenvalue weighted by molar-refractivity contribution is -0.121. The van der Waals surface area contributed by atoms with Crippen molar-refractivity contribution in [3.63, 3.8) is 0 Å². The number of thiocarbonyl (C=S) groups is 1. The maximum atomic E-state index is 12.3. The van der Waals surface area contributed by atoms with Crippen LogP contribution in [0, 0.1) is 0 Å². The molecule has 2 aromatic rings. The number of hydrogen-bond donors (Lipinski definition) is 0. The molecule has 7 heteroatoms. The minimum absolute atomic E-state index is 0.0310. The molecule has 0 aliphatic carbocycles. The Morgan fingerprint density at radius 1 is 0.818 bits per heavy atom.